The molecule has 4 aromatic rings. The highest BCUT2D eigenvalue weighted by Crippen LogP contribution is 2.23. The quantitative estimate of drug-likeness (QED) is 0.379. The molecule has 1 N–H and O–H groups in total. The lowest BCUT2D eigenvalue weighted by molar-refractivity contribution is 0.148. The van der Waals surface area contributed by atoms with Gasteiger partial charge in [-0.25, -0.2) is 4.79 Å². The zero-order valence-electron chi connectivity index (χ0n) is 15.6. The number of nitrogens with zero attached hydrogens (tertiary/aromatic N) is 1. The van der Waals surface area contributed by atoms with Crippen molar-refractivity contribution in [1.82, 2.24) is 0 Å². The minimum atomic E-state index is -0.510. The van der Waals surface area contributed by atoms with Gasteiger partial charge in [-0.2, -0.15) is 5.01 Å². The topological polar surface area (TPSA) is 41.6 Å². The summed E-state index contributed by atoms with van der Waals surface area (Å²) in [5, 5.41) is 4.18. The molecule has 0 aromatic heterocycles. The molecule has 4 aromatic carbocycles. The summed E-state index contributed by atoms with van der Waals surface area (Å²) in [5.74, 6) is 0. The van der Waals surface area contributed by atoms with Gasteiger partial charge in [-0.3, -0.25) is 5.43 Å². The second kappa shape index (κ2) is 8.67. The van der Waals surface area contributed by atoms with Crippen LogP contribution in [0.3, 0.4) is 0 Å². The highest BCUT2D eigenvalue weighted by atomic mass is 35.5. The second-order valence-electron chi connectivity index (χ2n) is 6.53. The minimum absolute atomic E-state index is 0.184. The summed E-state index contributed by atoms with van der Waals surface area (Å²) in [5.41, 5.74) is 5.48. The van der Waals surface area contributed by atoms with Crippen molar-refractivity contribution in [2.45, 2.75) is 6.61 Å². The van der Waals surface area contributed by atoms with Crippen LogP contribution >= 0.6 is 11.6 Å². The molecule has 0 heterocycles. The monoisotopic (exact) mass is 402 g/mol. The van der Waals surface area contributed by atoms with E-state index in [0.717, 1.165) is 22.0 Å². The van der Waals surface area contributed by atoms with E-state index >= 15 is 0 Å². The average molecular weight is 403 g/mol. The Morgan fingerprint density at radius 3 is 2.28 bits per heavy atom. The Kier molecular flexibility index (Phi) is 5.63. The summed E-state index contributed by atoms with van der Waals surface area (Å²) in [6.45, 7) is 0.184. The van der Waals surface area contributed by atoms with E-state index in [1.54, 1.807) is 24.3 Å². The third-order valence-corrected chi connectivity index (χ3v) is 4.71. The molecule has 0 bridgehead atoms. The van der Waals surface area contributed by atoms with Gasteiger partial charge in [0, 0.05) is 5.02 Å². The number of fused-ring (bicyclic) bond motifs is 1. The molecule has 4 nitrogen and oxygen atoms in total. The van der Waals surface area contributed by atoms with Crippen molar-refractivity contribution in [2.24, 2.45) is 0 Å². The van der Waals surface area contributed by atoms with E-state index < -0.39 is 6.09 Å². The molecule has 5 heteroatoms. The number of rotatable bonds is 5. The largest absolute Gasteiger partial charge is 0.443 e. The van der Waals surface area contributed by atoms with Crippen molar-refractivity contribution < 1.29 is 9.53 Å². The first-order chi connectivity index (χ1) is 14.2. The van der Waals surface area contributed by atoms with Crippen LogP contribution in [0.25, 0.3) is 10.8 Å². The van der Waals surface area contributed by atoms with Crippen LogP contribution in [-0.4, -0.2) is 6.09 Å². The maximum atomic E-state index is 12.9. The van der Waals surface area contributed by atoms with Gasteiger partial charge in [0.05, 0.1) is 11.4 Å². The van der Waals surface area contributed by atoms with Crippen molar-refractivity contribution >= 4 is 39.8 Å². The van der Waals surface area contributed by atoms with E-state index in [1.165, 1.54) is 5.01 Å². The molecule has 0 spiro atoms. The van der Waals surface area contributed by atoms with Crippen LogP contribution in [0.2, 0.25) is 5.02 Å². The highest BCUT2D eigenvalue weighted by molar-refractivity contribution is 6.30. The number of benzene rings is 4. The normalized spacial score (nSPS) is 10.5. The zero-order valence-corrected chi connectivity index (χ0v) is 16.3. The van der Waals surface area contributed by atoms with Crippen LogP contribution in [0, 0.1) is 0 Å². The molecular formula is C24H19ClN2O2. The van der Waals surface area contributed by atoms with Gasteiger partial charge < -0.3 is 4.74 Å². The summed E-state index contributed by atoms with van der Waals surface area (Å²) in [6.07, 6.45) is -0.510. The van der Waals surface area contributed by atoms with Crippen LogP contribution in [0.4, 0.5) is 16.2 Å². The Balaban J connectivity index is 1.58. The molecule has 4 rings (SSSR count). The van der Waals surface area contributed by atoms with Gasteiger partial charge in [-0.1, -0.05) is 72.3 Å². The first-order valence-corrected chi connectivity index (χ1v) is 9.59. The number of hydrazine groups is 1. The predicted molar refractivity (Wildman–Crippen MR) is 118 cm³/mol. The van der Waals surface area contributed by atoms with Crippen molar-refractivity contribution in [3.63, 3.8) is 0 Å². The first-order valence-electron chi connectivity index (χ1n) is 9.21. The molecule has 1 amide bonds. The molecule has 29 heavy (non-hydrogen) atoms. The summed E-state index contributed by atoms with van der Waals surface area (Å²) in [4.78, 5) is 12.9. The Bertz CT molecular complexity index is 1110. The van der Waals surface area contributed by atoms with E-state index in [1.807, 2.05) is 72.8 Å². The maximum absolute atomic E-state index is 12.9. The summed E-state index contributed by atoms with van der Waals surface area (Å²) in [7, 11) is 0. The molecule has 0 saturated carbocycles. The van der Waals surface area contributed by atoms with E-state index in [0.29, 0.717) is 10.7 Å². The van der Waals surface area contributed by atoms with Gasteiger partial charge in [0.15, 0.2) is 0 Å². The third kappa shape index (κ3) is 4.68. The minimum Gasteiger partial charge on any atom is -0.443 e. The Hall–Kier alpha value is -3.50. The van der Waals surface area contributed by atoms with E-state index in [4.69, 9.17) is 16.3 Å². The Morgan fingerprint density at radius 1 is 0.828 bits per heavy atom. The lowest BCUT2D eigenvalue weighted by atomic mass is 10.1. The lowest BCUT2D eigenvalue weighted by Crippen LogP contribution is -2.36. The fraction of sp³-hybridized carbons (Fsp3) is 0.0417. The van der Waals surface area contributed by atoms with Crippen LogP contribution in [0.15, 0.2) is 97.1 Å². The van der Waals surface area contributed by atoms with E-state index in [9.17, 15) is 4.79 Å². The number of halogens is 1. The summed E-state index contributed by atoms with van der Waals surface area (Å²) >= 11 is 6.01. The van der Waals surface area contributed by atoms with Gasteiger partial charge in [0.25, 0.3) is 0 Å². The predicted octanol–water partition coefficient (Wildman–Crippen LogP) is 6.66. The summed E-state index contributed by atoms with van der Waals surface area (Å²) < 4.78 is 5.53. The molecule has 0 aliphatic heterocycles. The van der Waals surface area contributed by atoms with E-state index in [-0.39, 0.29) is 6.61 Å². The fourth-order valence-electron chi connectivity index (χ4n) is 2.98. The van der Waals surface area contributed by atoms with Crippen LogP contribution < -0.4 is 10.4 Å². The standard InChI is InChI=1S/C24H19ClN2O2/c25-21-11-14-23(15-12-21)27(24(28)29-17-18-6-2-1-3-7-18)26-22-13-10-19-8-4-5-9-20(19)16-22/h1-16,26H,17H2. The molecule has 0 unspecified atom stereocenters. The van der Waals surface area contributed by atoms with Crippen molar-refractivity contribution in [3.8, 4) is 0 Å². The SMILES string of the molecule is O=C(OCc1ccccc1)N(Nc1ccc2ccccc2c1)c1ccc(Cl)cc1. The molecule has 0 radical (unpaired) electrons. The molecule has 0 aliphatic carbocycles. The first kappa shape index (κ1) is 18.8. The van der Waals surface area contributed by atoms with Crippen LogP contribution in [0.1, 0.15) is 5.56 Å². The molecule has 144 valence electrons. The van der Waals surface area contributed by atoms with Gasteiger partial charge in [-0.15, -0.1) is 0 Å². The van der Waals surface area contributed by atoms with Crippen molar-refractivity contribution in [3.05, 3.63) is 108 Å². The maximum Gasteiger partial charge on any atom is 0.433 e. The van der Waals surface area contributed by atoms with Gasteiger partial charge in [0.1, 0.15) is 6.61 Å². The number of ether oxygens (including phenoxy) is 1. The zero-order chi connectivity index (χ0) is 20.1. The van der Waals surface area contributed by atoms with Gasteiger partial charge in [0.2, 0.25) is 0 Å². The highest BCUT2D eigenvalue weighted by Gasteiger charge is 2.18. The molecule has 0 aliphatic rings. The second-order valence-corrected chi connectivity index (χ2v) is 6.96. The molecular weight excluding hydrogens is 384 g/mol. The number of hydrogen-bond acceptors (Lipinski definition) is 3. The number of carbonyl (C=O) groups is 1. The number of carbonyl (C=O) groups excluding carboxylic acids is 1. The molecule has 0 fully saturated rings. The van der Waals surface area contributed by atoms with Gasteiger partial charge in [-0.05, 0) is 52.7 Å². The Morgan fingerprint density at radius 2 is 1.52 bits per heavy atom. The van der Waals surface area contributed by atoms with Gasteiger partial charge >= 0.3 is 6.09 Å². The number of anilines is 2. The van der Waals surface area contributed by atoms with Crippen molar-refractivity contribution in [2.75, 3.05) is 10.4 Å². The van der Waals surface area contributed by atoms with Crippen LogP contribution in [0.5, 0.6) is 0 Å². The number of hydrogen-bond donors (Lipinski definition) is 1. The van der Waals surface area contributed by atoms with Crippen molar-refractivity contribution in [1.29, 1.82) is 0 Å². The average Bonchev–Trinajstić information content (AvgIpc) is 2.77. The third-order valence-electron chi connectivity index (χ3n) is 4.46. The fourth-order valence-corrected chi connectivity index (χ4v) is 3.10. The van der Waals surface area contributed by atoms with Crippen LogP contribution in [-0.2, 0) is 11.3 Å². The summed E-state index contributed by atoms with van der Waals surface area (Å²) in [6, 6.07) is 30.5. The molecule has 0 atom stereocenters. The van der Waals surface area contributed by atoms with E-state index in [2.05, 4.69) is 5.43 Å². The number of nitrogens with one attached hydrogen (secondary N) is 1. The smallest absolute Gasteiger partial charge is 0.433 e. The number of amides is 1. The molecule has 0 saturated heterocycles. The Labute approximate surface area is 174 Å². The lowest BCUT2D eigenvalue weighted by Gasteiger charge is -2.24.